The van der Waals surface area contributed by atoms with E-state index in [1.165, 1.54) is 10.5 Å². The SMILES string of the molecule is Cc1cc(/C=C(\Cl)c2cc(=O)n3cccc(C)c3n2)cc(C)c1O. The Balaban J connectivity index is 2.13. The van der Waals surface area contributed by atoms with Gasteiger partial charge in [-0.05, 0) is 67.3 Å². The normalized spacial score (nSPS) is 11.9. The summed E-state index contributed by atoms with van der Waals surface area (Å²) < 4.78 is 1.50. The lowest BCUT2D eigenvalue weighted by Gasteiger charge is -2.07. The van der Waals surface area contributed by atoms with Crippen LogP contribution in [0.2, 0.25) is 0 Å². The molecule has 0 saturated heterocycles. The second-order valence-electron chi connectivity index (χ2n) is 5.86. The zero-order valence-corrected chi connectivity index (χ0v) is 14.4. The van der Waals surface area contributed by atoms with Crippen LogP contribution in [-0.2, 0) is 0 Å². The van der Waals surface area contributed by atoms with Gasteiger partial charge in [0.25, 0.3) is 5.56 Å². The van der Waals surface area contributed by atoms with E-state index in [4.69, 9.17) is 11.6 Å². The number of phenolic OH excluding ortho intramolecular Hbond substituents is 1. The van der Waals surface area contributed by atoms with Gasteiger partial charge in [0.15, 0.2) is 0 Å². The number of fused-ring (bicyclic) bond motifs is 1. The third-order valence-corrected chi connectivity index (χ3v) is 4.24. The number of aromatic hydroxyl groups is 1. The molecule has 24 heavy (non-hydrogen) atoms. The summed E-state index contributed by atoms with van der Waals surface area (Å²) in [5.74, 6) is 0.279. The minimum absolute atomic E-state index is 0.177. The largest absolute Gasteiger partial charge is 0.507 e. The van der Waals surface area contributed by atoms with E-state index in [0.717, 1.165) is 22.3 Å². The fraction of sp³-hybridized carbons (Fsp3) is 0.158. The van der Waals surface area contributed by atoms with Gasteiger partial charge in [0.2, 0.25) is 0 Å². The molecule has 0 atom stereocenters. The van der Waals surface area contributed by atoms with Crippen molar-refractivity contribution >= 4 is 28.4 Å². The topological polar surface area (TPSA) is 54.6 Å². The van der Waals surface area contributed by atoms with Crippen LogP contribution in [-0.4, -0.2) is 14.5 Å². The van der Waals surface area contributed by atoms with Gasteiger partial charge < -0.3 is 5.11 Å². The molecule has 0 aliphatic heterocycles. The van der Waals surface area contributed by atoms with Crippen LogP contribution in [0.15, 0.2) is 41.3 Å². The van der Waals surface area contributed by atoms with E-state index >= 15 is 0 Å². The van der Waals surface area contributed by atoms with Crippen LogP contribution in [0.4, 0.5) is 0 Å². The first-order valence-corrected chi connectivity index (χ1v) is 7.91. The molecule has 1 aromatic carbocycles. The molecular formula is C19H17ClN2O2. The number of benzene rings is 1. The summed E-state index contributed by atoms with van der Waals surface area (Å²) in [6.45, 7) is 5.56. The molecule has 3 aromatic rings. The van der Waals surface area contributed by atoms with Crippen molar-refractivity contribution in [3.05, 3.63) is 74.8 Å². The van der Waals surface area contributed by atoms with Crippen molar-refractivity contribution in [2.24, 2.45) is 0 Å². The lowest BCUT2D eigenvalue weighted by Crippen LogP contribution is -2.15. The fourth-order valence-corrected chi connectivity index (χ4v) is 2.90. The van der Waals surface area contributed by atoms with Gasteiger partial charge in [-0.1, -0.05) is 17.7 Å². The number of hydrogen-bond donors (Lipinski definition) is 1. The molecule has 1 N–H and O–H groups in total. The predicted molar refractivity (Wildman–Crippen MR) is 97.5 cm³/mol. The van der Waals surface area contributed by atoms with Crippen LogP contribution in [0.1, 0.15) is 27.9 Å². The summed E-state index contributed by atoms with van der Waals surface area (Å²) in [4.78, 5) is 16.8. The van der Waals surface area contributed by atoms with Crippen molar-refractivity contribution in [1.82, 2.24) is 9.38 Å². The maximum atomic E-state index is 12.3. The average molecular weight is 341 g/mol. The highest BCUT2D eigenvalue weighted by atomic mass is 35.5. The second kappa shape index (κ2) is 6.13. The Bertz CT molecular complexity index is 1010. The summed E-state index contributed by atoms with van der Waals surface area (Å²) in [6.07, 6.45) is 3.43. The molecule has 0 unspecified atom stereocenters. The van der Waals surface area contributed by atoms with Gasteiger partial charge in [-0.25, -0.2) is 4.98 Å². The number of halogens is 1. The molecule has 0 aliphatic rings. The summed E-state index contributed by atoms with van der Waals surface area (Å²) in [6, 6.07) is 8.81. The first kappa shape index (κ1) is 16.3. The van der Waals surface area contributed by atoms with Gasteiger partial charge in [0.1, 0.15) is 11.4 Å². The first-order chi connectivity index (χ1) is 11.4. The third kappa shape index (κ3) is 2.93. The fourth-order valence-electron chi connectivity index (χ4n) is 2.68. The van der Waals surface area contributed by atoms with Crippen molar-refractivity contribution in [3.63, 3.8) is 0 Å². The van der Waals surface area contributed by atoms with Crippen LogP contribution in [0.5, 0.6) is 5.75 Å². The summed E-state index contributed by atoms with van der Waals surface area (Å²) in [5.41, 5.74) is 4.13. The summed E-state index contributed by atoms with van der Waals surface area (Å²) >= 11 is 6.40. The Morgan fingerprint density at radius 3 is 2.50 bits per heavy atom. The molecule has 0 radical (unpaired) electrons. The Hall–Kier alpha value is -2.59. The van der Waals surface area contributed by atoms with Crippen LogP contribution in [0, 0.1) is 20.8 Å². The van der Waals surface area contributed by atoms with E-state index in [9.17, 15) is 9.90 Å². The number of aromatic nitrogens is 2. The molecule has 3 rings (SSSR count). The minimum atomic E-state index is -0.177. The van der Waals surface area contributed by atoms with Gasteiger partial charge in [-0.15, -0.1) is 0 Å². The molecule has 5 heteroatoms. The predicted octanol–water partition coefficient (Wildman–Crippen LogP) is 4.06. The number of hydrogen-bond acceptors (Lipinski definition) is 3. The third-order valence-electron chi connectivity index (χ3n) is 3.94. The van der Waals surface area contributed by atoms with Crippen LogP contribution >= 0.6 is 11.6 Å². The molecule has 4 nitrogen and oxygen atoms in total. The molecule has 0 bridgehead atoms. The Labute approximate surface area is 144 Å². The molecule has 0 fully saturated rings. The molecular weight excluding hydrogens is 324 g/mol. The molecule has 0 aliphatic carbocycles. The highest BCUT2D eigenvalue weighted by Gasteiger charge is 2.08. The van der Waals surface area contributed by atoms with Gasteiger partial charge >= 0.3 is 0 Å². The number of rotatable bonds is 2. The summed E-state index contributed by atoms with van der Waals surface area (Å²) in [7, 11) is 0. The molecule has 2 aromatic heterocycles. The molecule has 0 saturated carbocycles. The average Bonchev–Trinajstić information content (AvgIpc) is 2.53. The maximum Gasteiger partial charge on any atom is 0.258 e. The Morgan fingerprint density at radius 1 is 1.17 bits per heavy atom. The first-order valence-electron chi connectivity index (χ1n) is 7.53. The van der Waals surface area contributed by atoms with Gasteiger partial charge in [-0.2, -0.15) is 0 Å². The minimum Gasteiger partial charge on any atom is -0.507 e. The standard InChI is InChI=1S/C19H17ClN2O2/c1-11-5-4-6-22-17(23)10-16(21-19(11)22)15(20)9-14-7-12(2)18(24)13(3)8-14/h4-10,24H,1-3H3/b15-9-. The highest BCUT2D eigenvalue weighted by Crippen LogP contribution is 2.26. The Kier molecular flexibility index (Phi) is 4.16. The Morgan fingerprint density at radius 2 is 1.83 bits per heavy atom. The zero-order chi connectivity index (χ0) is 17.4. The van der Waals surface area contributed by atoms with E-state index in [-0.39, 0.29) is 11.3 Å². The monoisotopic (exact) mass is 340 g/mol. The van der Waals surface area contributed by atoms with E-state index in [1.54, 1.807) is 12.3 Å². The van der Waals surface area contributed by atoms with Gasteiger partial charge in [0, 0.05) is 12.3 Å². The van der Waals surface area contributed by atoms with Crippen molar-refractivity contribution in [3.8, 4) is 5.75 Å². The lowest BCUT2D eigenvalue weighted by atomic mass is 10.1. The molecule has 122 valence electrons. The van der Waals surface area contributed by atoms with Crippen molar-refractivity contribution in [2.45, 2.75) is 20.8 Å². The number of phenols is 1. The quantitative estimate of drug-likeness (QED) is 0.765. The zero-order valence-electron chi connectivity index (χ0n) is 13.7. The van der Waals surface area contributed by atoms with E-state index in [2.05, 4.69) is 4.98 Å². The number of nitrogens with zero attached hydrogens (tertiary/aromatic N) is 2. The van der Waals surface area contributed by atoms with Crippen molar-refractivity contribution in [2.75, 3.05) is 0 Å². The van der Waals surface area contributed by atoms with E-state index in [1.807, 2.05) is 45.0 Å². The number of pyridine rings is 1. The second-order valence-corrected chi connectivity index (χ2v) is 6.27. The van der Waals surface area contributed by atoms with E-state index in [0.29, 0.717) is 16.4 Å². The van der Waals surface area contributed by atoms with Crippen LogP contribution < -0.4 is 5.56 Å². The van der Waals surface area contributed by atoms with Crippen molar-refractivity contribution < 1.29 is 5.11 Å². The summed E-state index contributed by atoms with van der Waals surface area (Å²) in [5, 5.41) is 10.2. The van der Waals surface area contributed by atoms with E-state index < -0.39 is 0 Å². The van der Waals surface area contributed by atoms with Crippen LogP contribution in [0.3, 0.4) is 0 Å². The molecule has 0 amide bonds. The smallest absolute Gasteiger partial charge is 0.258 e. The lowest BCUT2D eigenvalue weighted by molar-refractivity contribution is 0.467. The molecule has 2 heterocycles. The highest BCUT2D eigenvalue weighted by molar-refractivity contribution is 6.51. The molecule has 0 spiro atoms. The van der Waals surface area contributed by atoms with Gasteiger partial charge in [0.05, 0.1) is 10.7 Å². The maximum absolute atomic E-state index is 12.3. The van der Waals surface area contributed by atoms with Crippen molar-refractivity contribution in [1.29, 1.82) is 0 Å². The van der Waals surface area contributed by atoms with Crippen LogP contribution in [0.25, 0.3) is 16.8 Å². The number of aryl methyl sites for hydroxylation is 3. The van der Waals surface area contributed by atoms with Gasteiger partial charge in [-0.3, -0.25) is 9.20 Å².